The highest BCUT2D eigenvalue weighted by Gasteiger charge is 2.43. The van der Waals surface area contributed by atoms with Crippen LogP contribution in [0.3, 0.4) is 0 Å². The molecule has 4 N–H and O–H groups in total. The van der Waals surface area contributed by atoms with E-state index in [0.717, 1.165) is 18.2 Å². The van der Waals surface area contributed by atoms with E-state index in [2.05, 4.69) is 10.3 Å². The highest BCUT2D eigenvalue weighted by atomic mass is 35.5. The van der Waals surface area contributed by atoms with Crippen molar-refractivity contribution in [2.45, 2.75) is 44.0 Å². The van der Waals surface area contributed by atoms with E-state index in [-0.39, 0.29) is 28.8 Å². The Balaban J connectivity index is 1.89. The van der Waals surface area contributed by atoms with Crippen LogP contribution in [0.25, 0.3) is 10.9 Å². The number of aromatic hydroxyl groups is 1. The maximum atomic E-state index is 14.2. The van der Waals surface area contributed by atoms with Gasteiger partial charge in [0, 0.05) is 22.7 Å². The third kappa shape index (κ3) is 3.80. The number of phenols is 1. The van der Waals surface area contributed by atoms with E-state index in [0.29, 0.717) is 11.8 Å². The first-order chi connectivity index (χ1) is 15.0. The number of hydrogen-bond donors (Lipinski definition) is 4. The highest BCUT2D eigenvalue weighted by molar-refractivity contribution is 6.31. The Hall–Kier alpha value is -2.78. The molecule has 0 amide bonds. The van der Waals surface area contributed by atoms with Gasteiger partial charge in [-0.2, -0.15) is 13.2 Å². The molecule has 0 saturated heterocycles. The molecular weight excluding hydrogens is 452 g/mol. The molecule has 0 bridgehead atoms. The van der Waals surface area contributed by atoms with Crippen LogP contribution in [0, 0.1) is 5.82 Å². The zero-order chi connectivity index (χ0) is 23.4. The first-order valence-electron chi connectivity index (χ1n) is 9.90. The molecule has 1 aliphatic rings. The lowest BCUT2D eigenvalue weighted by Gasteiger charge is -2.37. The second-order valence-electron chi connectivity index (χ2n) is 7.85. The van der Waals surface area contributed by atoms with Crippen molar-refractivity contribution in [3.8, 4) is 5.75 Å². The molecule has 5 nitrogen and oxygen atoms in total. The number of halogens is 5. The summed E-state index contributed by atoms with van der Waals surface area (Å²) in [6.45, 7) is 1.74. The third-order valence-corrected chi connectivity index (χ3v) is 6.17. The number of nitrogens with one attached hydrogen (secondary N) is 2. The van der Waals surface area contributed by atoms with E-state index in [1.807, 2.05) is 0 Å². The molecule has 0 spiro atoms. The number of benzene rings is 2. The molecule has 1 heterocycles. The van der Waals surface area contributed by atoms with Crippen LogP contribution in [-0.4, -0.2) is 21.3 Å². The van der Waals surface area contributed by atoms with Gasteiger partial charge in [-0.25, -0.2) is 4.39 Å². The molecule has 2 aromatic carbocycles. The van der Waals surface area contributed by atoms with Crippen molar-refractivity contribution in [2.24, 2.45) is 0 Å². The van der Waals surface area contributed by atoms with Crippen molar-refractivity contribution in [1.29, 1.82) is 0 Å². The maximum Gasteiger partial charge on any atom is 0.421 e. The third-order valence-electron chi connectivity index (χ3n) is 5.87. The summed E-state index contributed by atoms with van der Waals surface area (Å²) in [5.41, 5.74) is -1.06. The van der Waals surface area contributed by atoms with Crippen LogP contribution in [0.2, 0.25) is 5.02 Å². The van der Waals surface area contributed by atoms with Gasteiger partial charge in [0.15, 0.2) is 0 Å². The zero-order valence-corrected chi connectivity index (χ0v) is 17.5. The van der Waals surface area contributed by atoms with Crippen molar-refractivity contribution < 1.29 is 27.8 Å². The van der Waals surface area contributed by atoms with Gasteiger partial charge in [-0.05, 0) is 48.6 Å². The van der Waals surface area contributed by atoms with Crippen LogP contribution in [0.1, 0.15) is 48.4 Å². The van der Waals surface area contributed by atoms with E-state index < -0.39 is 52.0 Å². The van der Waals surface area contributed by atoms with E-state index in [1.54, 1.807) is 6.92 Å². The van der Waals surface area contributed by atoms with E-state index in [4.69, 9.17) is 11.6 Å². The van der Waals surface area contributed by atoms with Crippen LogP contribution < -0.4 is 10.9 Å². The lowest BCUT2D eigenvalue weighted by Crippen LogP contribution is -2.33. The number of H-pyrrole nitrogens is 1. The van der Waals surface area contributed by atoms with Crippen LogP contribution in [0.4, 0.5) is 23.2 Å². The number of rotatable bonds is 3. The summed E-state index contributed by atoms with van der Waals surface area (Å²) in [5, 5.41) is 24.1. The minimum Gasteiger partial charge on any atom is -0.507 e. The van der Waals surface area contributed by atoms with E-state index >= 15 is 0 Å². The number of fused-ring (bicyclic) bond motifs is 2. The van der Waals surface area contributed by atoms with Crippen LogP contribution in [0.15, 0.2) is 35.1 Å². The van der Waals surface area contributed by atoms with Gasteiger partial charge in [0.1, 0.15) is 17.1 Å². The Kier molecular flexibility index (Phi) is 5.58. The van der Waals surface area contributed by atoms with Gasteiger partial charge >= 0.3 is 6.18 Å². The van der Waals surface area contributed by atoms with E-state index in [1.165, 1.54) is 12.1 Å². The van der Waals surface area contributed by atoms with Crippen LogP contribution in [0.5, 0.6) is 5.75 Å². The Morgan fingerprint density at radius 1 is 1.25 bits per heavy atom. The van der Waals surface area contributed by atoms with Crippen LogP contribution in [-0.2, 0) is 6.18 Å². The second kappa shape index (κ2) is 7.97. The molecule has 4 rings (SSSR count). The Bertz CT molecular complexity index is 1260. The minimum atomic E-state index is -4.86. The lowest BCUT2D eigenvalue weighted by molar-refractivity contribution is -0.138. The summed E-state index contributed by atoms with van der Waals surface area (Å²) in [6, 6.07) is 5.13. The molecule has 170 valence electrons. The number of aromatic nitrogens is 1. The SMILES string of the molecule is CC[C@@H]1C[C@@H](O)[C@@H](Nc2cc(F)cc3[nH]c(=O)ccc23)c2cc(Cl)c(C(F)(F)F)c(O)c21. The smallest absolute Gasteiger partial charge is 0.421 e. The summed E-state index contributed by atoms with van der Waals surface area (Å²) in [5.74, 6) is -2.15. The van der Waals surface area contributed by atoms with Crippen molar-refractivity contribution in [3.63, 3.8) is 0 Å². The fourth-order valence-corrected chi connectivity index (χ4v) is 4.76. The van der Waals surface area contributed by atoms with Crippen molar-refractivity contribution >= 4 is 28.2 Å². The fourth-order valence-electron chi connectivity index (χ4n) is 4.45. The molecule has 0 unspecified atom stereocenters. The predicted octanol–water partition coefficient (Wildman–Crippen LogP) is 5.46. The van der Waals surface area contributed by atoms with Gasteiger partial charge < -0.3 is 20.5 Å². The number of aliphatic hydroxyl groups excluding tert-OH is 1. The summed E-state index contributed by atoms with van der Waals surface area (Å²) in [7, 11) is 0. The minimum absolute atomic E-state index is 0.0566. The summed E-state index contributed by atoms with van der Waals surface area (Å²) in [4.78, 5) is 14.1. The number of hydrogen-bond acceptors (Lipinski definition) is 4. The zero-order valence-electron chi connectivity index (χ0n) is 16.7. The maximum absolute atomic E-state index is 14.2. The Morgan fingerprint density at radius 2 is 1.97 bits per heavy atom. The molecule has 3 atom stereocenters. The number of aliphatic hydroxyl groups is 1. The number of alkyl halides is 3. The van der Waals surface area contributed by atoms with Gasteiger partial charge in [0.05, 0.1) is 22.7 Å². The monoisotopic (exact) mass is 470 g/mol. The van der Waals surface area contributed by atoms with Gasteiger partial charge in [0.25, 0.3) is 0 Å². The number of pyridine rings is 1. The molecule has 0 radical (unpaired) electrons. The van der Waals surface area contributed by atoms with Gasteiger partial charge in [-0.3, -0.25) is 4.79 Å². The molecule has 3 aromatic rings. The average molecular weight is 471 g/mol. The average Bonchev–Trinajstić information content (AvgIpc) is 2.68. The Morgan fingerprint density at radius 3 is 2.62 bits per heavy atom. The van der Waals surface area contributed by atoms with E-state index in [9.17, 15) is 32.6 Å². The molecule has 32 heavy (non-hydrogen) atoms. The first kappa shape index (κ1) is 22.4. The molecule has 0 saturated carbocycles. The standard InChI is InChI=1S/C22H19ClF4N2O3/c1-2-9-5-16(30)20(12-8-13(23)19(22(25,26)27)21(32)18(9)12)29-15-7-10(24)6-14-11(15)3-4-17(31)28-14/h3-4,6-9,16,20,29-30,32H,2,5H2,1H3,(H,28,31)/t9-,16-,20+/m1/s1. The topological polar surface area (TPSA) is 85.4 Å². The number of anilines is 1. The summed E-state index contributed by atoms with van der Waals surface area (Å²) in [6.07, 6.45) is -5.45. The molecule has 1 aliphatic carbocycles. The quantitative estimate of drug-likeness (QED) is 0.383. The van der Waals surface area contributed by atoms with Gasteiger partial charge in [-0.1, -0.05) is 18.5 Å². The fraction of sp³-hybridized carbons (Fsp3) is 0.318. The van der Waals surface area contributed by atoms with Crippen molar-refractivity contribution in [3.05, 3.63) is 68.2 Å². The molecule has 1 aromatic heterocycles. The van der Waals surface area contributed by atoms with Gasteiger partial charge in [0.2, 0.25) is 5.56 Å². The molecule has 0 aliphatic heterocycles. The molecular formula is C22H19ClF4N2O3. The Labute approximate surface area is 184 Å². The lowest BCUT2D eigenvalue weighted by atomic mass is 9.75. The molecule has 0 fully saturated rings. The molecule has 10 heteroatoms. The number of phenolic OH excluding ortho intramolecular Hbond substituents is 1. The second-order valence-corrected chi connectivity index (χ2v) is 8.26. The predicted molar refractivity (Wildman–Crippen MR) is 113 cm³/mol. The normalized spacial score (nSPS) is 20.9. The summed E-state index contributed by atoms with van der Waals surface area (Å²) >= 11 is 5.91. The van der Waals surface area contributed by atoms with Crippen molar-refractivity contribution in [2.75, 3.05) is 5.32 Å². The highest BCUT2D eigenvalue weighted by Crippen LogP contribution is 2.51. The summed E-state index contributed by atoms with van der Waals surface area (Å²) < 4.78 is 54.7. The van der Waals surface area contributed by atoms with Gasteiger partial charge in [-0.15, -0.1) is 0 Å². The number of aromatic amines is 1. The van der Waals surface area contributed by atoms with Crippen LogP contribution >= 0.6 is 11.6 Å². The first-order valence-corrected chi connectivity index (χ1v) is 10.3. The largest absolute Gasteiger partial charge is 0.507 e. The van der Waals surface area contributed by atoms with Crippen molar-refractivity contribution in [1.82, 2.24) is 4.98 Å².